The highest BCUT2D eigenvalue weighted by molar-refractivity contribution is 7.90. The molecule has 0 fully saturated rings. The molecule has 3 N–H and O–H groups in total. The minimum absolute atomic E-state index is 0.0198. The summed E-state index contributed by atoms with van der Waals surface area (Å²) in [4.78, 5) is 33.8. The van der Waals surface area contributed by atoms with Gasteiger partial charge in [-0.2, -0.15) is 15.0 Å². The van der Waals surface area contributed by atoms with Crippen LogP contribution in [0, 0.1) is 6.92 Å². The van der Waals surface area contributed by atoms with E-state index < -0.39 is 32.5 Å². The number of carboxylic acids is 1. The van der Waals surface area contributed by atoms with Gasteiger partial charge in [0.15, 0.2) is 0 Å². The summed E-state index contributed by atoms with van der Waals surface area (Å²) in [6.45, 7) is 1.51. The number of hydrogen-bond donors (Lipinski definition) is 3. The molecule has 1 aromatic carbocycles. The van der Waals surface area contributed by atoms with Gasteiger partial charge < -0.3 is 9.84 Å². The zero-order valence-corrected chi connectivity index (χ0v) is 14.9. The molecule has 2 amide bonds. The number of carboxylic acid groups (broad SMARTS) is 1. The van der Waals surface area contributed by atoms with Crippen molar-refractivity contribution in [3.63, 3.8) is 0 Å². The fraction of sp³-hybridized carbons (Fsp3) is 0.154. The summed E-state index contributed by atoms with van der Waals surface area (Å²) in [5.41, 5.74) is -0.549. The lowest BCUT2D eigenvalue weighted by molar-refractivity contribution is 0.0692. The maximum Gasteiger partial charge on any atom is 0.337 e. The second-order valence-corrected chi connectivity index (χ2v) is 6.79. The first-order valence-electron chi connectivity index (χ1n) is 6.75. The number of hydrogen-bond acceptors (Lipinski definition) is 8. The predicted octanol–water partition coefficient (Wildman–Crippen LogP) is 1.05. The van der Waals surface area contributed by atoms with Crippen LogP contribution in [-0.2, 0) is 10.0 Å². The Morgan fingerprint density at radius 1 is 1.23 bits per heavy atom. The lowest BCUT2D eigenvalue weighted by Gasteiger charge is -2.10. The van der Waals surface area contributed by atoms with Gasteiger partial charge in [0.2, 0.25) is 5.95 Å². The minimum atomic E-state index is -4.53. The fourth-order valence-corrected chi connectivity index (χ4v) is 3.17. The standard InChI is InChI=1S/C13H12ClN5O6S/c1-6-15-11(18-13(16-6)25-2)17-12(22)19-26(23,24)9-5-7(14)3-4-8(9)10(20)21/h3-5H,1-2H3,(H,20,21)(H2,15,16,17,18,19,22). The molecule has 0 spiro atoms. The third-order valence-electron chi connectivity index (χ3n) is 2.83. The topological polar surface area (TPSA) is 160 Å². The second kappa shape index (κ2) is 7.49. The molecule has 138 valence electrons. The Labute approximate surface area is 152 Å². The van der Waals surface area contributed by atoms with E-state index in [1.807, 2.05) is 0 Å². The molecule has 0 saturated carbocycles. The molecule has 0 aliphatic carbocycles. The highest BCUT2D eigenvalue weighted by Crippen LogP contribution is 2.21. The number of aromatic nitrogens is 3. The number of halogens is 1. The van der Waals surface area contributed by atoms with E-state index >= 15 is 0 Å². The summed E-state index contributed by atoms with van der Waals surface area (Å²) < 4.78 is 31.1. The van der Waals surface area contributed by atoms with E-state index in [1.54, 1.807) is 4.72 Å². The molecule has 1 aromatic heterocycles. The Bertz CT molecular complexity index is 981. The molecule has 2 aromatic rings. The molecular weight excluding hydrogens is 390 g/mol. The van der Waals surface area contributed by atoms with Crippen molar-refractivity contribution in [2.75, 3.05) is 12.4 Å². The van der Waals surface area contributed by atoms with Crippen LogP contribution in [0.3, 0.4) is 0 Å². The highest BCUT2D eigenvalue weighted by Gasteiger charge is 2.25. The van der Waals surface area contributed by atoms with E-state index in [-0.39, 0.29) is 22.8 Å². The molecule has 2 rings (SSSR count). The van der Waals surface area contributed by atoms with Gasteiger partial charge in [-0.25, -0.2) is 22.7 Å². The number of urea groups is 1. The lowest BCUT2D eigenvalue weighted by atomic mass is 10.2. The molecule has 0 unspecified atom stereocenters. The average molecular weight is 402 g/mol. The third-order valence-corrected chi connectivity index (χ3v) is 4.43. The van der Waals surface area contributed by atoms with Crippen molar-refractivity contribution >= 4 is 39.6 Å². The number of nitrogens with one attached hydrogen (secondary N) is 2. The van der Waals surface area contributed by atoms with Crippen molar-refractivity contribution < 1.29 is 27.9 Å². The van der Waals surface area contributed by atoms with Crippen molar-refractivity contribution in [1.29, 1.82) is 0 Å². The van der Waals surface area contributed by atoms with Crippen molar-refractivity contribution in [3.05, 3.63) is 34.6 Å². The van der Waals surface area contributed by atoms with E-state index in [0.717, 1.165) is 12.1 Å². The molecular formula is C13H12ClN5O6S. The van der Waals surface area contributed by atoms with E-state index in [9.17, 15) is 18.0 Å². The number of benzene rings is 1. The van der Waals surface area contributed by atoms with Crippen LogP contribution < -0.4 is 14.8 Å². The van der Waals surface area contributed by atoms with Gasteiger partial charge in [0.1, 0.15) is 10.7 Å². The zero-order valence-electron chi connectivity index (χ0n) is 13.3. The molecule has 0 saturated heterocycles. The first kappa shape index (κ1) is 19.3. The predicted molar refractivity (Wildman–Crippen MR) is 88.9 cm³/mol. The van der Waals surface area contributed by atoms with Gasteiger partial charge >= 0.3 is 18.0 Å². The van der Waals surface area contributed by atoms with Crippen LogP contribution in [0.2, 0.25) is 5.02 Å². The number of rotatable bonds is 5. The van der Waals surface area contributed by atoms with Crippen molar-refractivity contribution in [1.82, 2.24) is 19.7 Å². The van der Waals surface area contributed by atoms with Crippen LogP contribution in [-0.4, -0.2) is 47.6 Å². The fourth-order valence-electron chi connectivity index (χ4n) is 1.80. The van der Waals surface area contributed by atoms with Gasteiger partial charge in [0.05, 0.1) is 12.7 Å². The lowest BCUT2D eigenvalue weighted by Crippen LogP contribution is -2.35. The van der Waals surface area contributed by atoms with Crippen LogP contribution in [0.15, 0.2) is 23.1 Å². The molecule has 0 aliphatic heterocycles. The van der Waals surface area contributed by atoms with Gasteiger partial charge in [-0.3, -0.25) is 5.32 Å². The maximum atomic E-state index is 12.3. The molecule has 0 radical (unpaired) electrons. The van der Waals surface area contributed by atoms with E-state index in [2.05, 4.69) is 20.3 Å². The van der Waals surface area contributed by atoms with Crippen LogP contribution >= 0.6 is 11.6 Å². The number of ether oxygens (including phenoxy) is 1. The maximum absolute atomic E-state index is 12.3. The SMILES string of the molecule is COc1nc(C)nc(NC(=O)NS(=O)(=O)c2cc(Cl)ccc2C(=O)O)n1. The molecule has 1 heterocycles. The van der Waals surface area contributed by atoms with Crippen LogP contribution in [0.5, 0.6) is 6.01 Å². The van der Waals surface area contributed by atoms with E-state index in [1.165, 1.54) is 20.1 Å². The van der Waals surface area contributed by atoms with E-state index in [4.69, 9.17) is 21.4 Å². The average Bonchev–Trinajstić information content (AvgIpc) is 2.53. The van der Waals surface area contributed by atoms with Gasteiger partial charge in [0, 0.05) is 5.02 Å². The molecule has 26 heavy (non-hydrogen) atoms. The Morgan fingerprint density at radius 2 is 1.92 bits per heavy atom. The third kappa shape index (κ3) is 4.55. The number of carbonyl (C=O) groups excluding carboxylic acids is 1. The quantitative estimate of drug-likeness (QED) is 0.664. The molecule has 11 nitrogen and oxygen atoms in total. The van der Waals surface area contributed by atoms with Crippen molar-refractivity contribution in [2.24, 2.45) is 0 Å². The number of methoxy groups -OCH3 is 1. The Balaban J connectivity index is 2.27. The number of sulfonamides is 1. The highest BCUT2D eigenvalue weighted by atomic mass is 35.5. The van der Waals surface area contributed by atoms with Crippen LogP contribution in [0.1, 0.15) is 16.2 Å². The number of anilines is 1. The van der Waals surface area contributed by atoms with E-state index in [0.29, 0.717) is 0 Å². The van der Waals surface area contributed by atoms with Crippen molar-refractivity contribution in [2.45, 2.75) is 11.8 Å². The van der Waals surface area contributed by atoms with Gasteiger partial charge in [-0.15, -0.1) is 0 Å². The summed E-state index contributed by atoms with van der Waals surface area (Å²) in [6.07, 6.45) is 0. The van der Waals surface area contributed by atoms with Crippen LogP contribution in [0.25, 0.3) is 0 Å². The van der Waals surface area contributed by atoms with Crippen LogP contribution in [0.4, 0.5) is 10.7 Å². The zero-order chi connectivity index (χ0) is 19.5. The molecule has 13 heteroatoms. The van der Waals surface area contributed by atoms with Gasteiger partial charge in [0.25, 0.3) is 10.0 Å². The number of aromatic carboxylic acids is 1. The molecule has 0 atom stereocenters. The molecule has 0 aliphatic rings. The first-order chi connectivity index (χ1) is 12.1. The number of carbonyl (C=O) groups is 2. The number of aryl methyl sites for hydroxylation is 1. The normalized spacial score (nSPS) is 10.9. The van der Waals surface area contributed by atoms with Gasteiger partial charge in [-0.05, 0) is 25.1 Å². The minimum Gasteiger partial charge on any atom is -0.478 e. The largest absolute Gasteiger partial charge is 0.478 e. The summed E-state index contributed by atoms with van der Waals surface area (Å²) in [6, 6.07) is 1.84. The Kier molecular flexibility index (Phi) is 5.57. The summed E-state index contributed by atoms with van der Waals surface area (Å²) in [5, 5.41) is 11.2. The van der Waals surface area contributed by atoms with Crippen molar-refractivity contribution in [3.8, 4) is 6.01 Å². The summed E-state index contributed by atoms with van der Waals surface area (Å²) in [5.74, 6) is -1.54. The second-order valence-electron chi connectivity index (χ2n) is 4.70. The Morgan fingerprint density at radius 3 is 2.54 bits per heavy atom. The van der Waals surface area contributed by atoms with Gasteiger partial charge in [-0.1, -0.05) is 11.6 Å². The number of amides is 2. The Hall–Kier alpha value is -2.99. The smallest absolute Gasteiger partial charge is 0.337 e. The molecule has 0 bridgehead atoms. The monoisotopic (exact) mass is 401 g/mol. The first-order valence-corrected chi connectivity index (χ1v) is 8.62. The summed E-state index contributed by atoms with van der Waals surface area (Å²) in [7, 11) is -3.23. The number of nitrogens with zero attached hydrogens (tertiary/aromatic N) is 3. The summed E-state index contributed by atoms with van der Waals surface area (Å²) >= 11 is 5.72.